The summed E-state index contributed by atoms with van der Waals surface area (Å²) in [6.45, 7) is 9.76. The first kappa shape index (κ1) is 35.2. The van der Waals surface area contributed by atoms with E-state index in [-0.39, 0.29) is 12.5 Å². The number of hydrogen-bond acceptors (Lipinski definition) is 10. The molecule has 0 bridgehead atoms. The second-order valence-corrected chi connectivity index (χ2v) is 9.65. The molecule has 0 spiro atoms. The summed E-state index contributed by atoms with van der Waals surface area (Å²) < 4.78 is 42.9. The largest absolute Gasteiger partial charge is 0.460 e. The number of carbonyl (C=O) groups is 2. The third-order valence-corrected chi connectivity index (χ3v) is 6.58. The Hall–Kier alpha value is -3.32. The van der Waals surface area contributed by atoms with E-state index in [9.17, 15) is 9.59 Å². The van der Waals surface area contributed by atoms with Gasteiger partial charge in [-0.2, -0.15) is 0 Å². The van der Waals surface area contributed by atoms with Crippen LogP contribution in [0.25, 0.3) is 11.1 Å². The predicted molar refractivity (Wildman–Crippen MR) is 164 cm³/mol. The van der Waals surface area contributed by atoms with Crippen LogP contribution in [-0.2, 0) is 42.7 Å². The number of nitrogens with one attached hydrogen (secondary N) is 1. The first-order valence-electron chi connectivity index (χ1n) is 15.0. The minimum Gasteiger partial charge on any atom is -0.460 e. The van der Waals surface area contributed by atoms with E-state index in [0.717, 1.165) is 6.08 Å². The van der Waals surface area contributed by atoms with Crippen molar-refractivity contribution in [2.45, 2.75) is 12.3 Å². The molecular weight excluding hydrogens is 570 g/mol. The molecule has 1 aliphatic carbocycles. The number of hydrogen-bond donors (Lipinski definition) is 1. The van der Waals surface area contributed by atoms with Crippen LogP contribution in [0.4, 0.5) is 4.79 Å². The van der Waals surface area contributed by atoms with Crippen LogP contribution in [0.15, 0.2) is 61.2 Å². The maximum Gasteiger partial charge on any atom is 0.407 e. The molecule has 0 atom stereocenters. The van der Waals surface area contributed by atoms with Crippen molar-refractivity contribution < 1.29 is 47.5 Å². The van der Waals surface area contributed by atoms with Crippen LogP contribution in [0.1, 0.15) is 23.5 Å². The summed E-state index contributed by atoms with van der Waals surface area (Å²) in [5, 5.41) is 2.79. The molecule has 11 heteroatoms. The van der Waals surface area contributed by atoms with E-state index in [2.05, 4.69) is 36.2 Å². The maximum atomic E-state index is 12.2. The smallest absolute Gasteiger partial charge is 0.407 e. The van der Waals surface area contributed by atoms with E-state index >= 15 is 0 Å². The SMILES string of the molecule is C=CC(=O)OCCOCCOCCOCCOCCOCCOCCCNC(=O)OCC1c2ccccc2-c2ccccc21. The predicted octanol–water partition coefficient (Wildman–Crippen LogP) is 3.74. The highest BCUT2D eigenvalue weighted by atomic mass is 16.6. The first-order chi connectivity index (χ1) is 21.7. The summed E-state index contributed by atoms with van der Waals surface area (Å²) in [6.07, 6.45) is 1.38. The Kier molecular flexibility index (Phi) is 17.8. The third kappa shape index (κ3) is 13.5. The van der Waals surface area contributed by atoms with Crippen LogP contribution in [0.3, 0.4) is 0 Å². The van der Waals surface area contributed by atoms with Crippen LogP contribution < -0.4 is 5.32 Å². The number of fused-ring (bicyclic) bond motifs is 3. The van der Waals surface area contributed by atoms with Gasteiger partial charge < -0.3 is 43.2 Å². The molecule has 3 rings (SSSR count). The number of ether oxygens (including phenoxy) is 8. The number of alkyl carbamates (subject to hydrolysis) is 1. The van der Waals surface area contributed by atoms with Crippen LogP contribution >= 0.6 is 0 Å². The Morgan fingerprint density at radius 1 is 0.614 bits per heavy atom. The van der Waals surface area contributed by atoms with Gasteiger partial charge in [-0.1, -0.05) is 55.1 Å². The molecule has 242 valence electrons. The molecule has 0 heterocycles. The molecule has 2 aromatic carbocycles. The van der Waals surface area contributed by atoms with E-state index in [1.807, 2.05) is 24.3 Å². The average molecular weight is 616 g/mol. The fourth-order valence-electron chi connectivity index (χ4n) is 4.48. The molecule has 0 fully saturated rings. The number of amides is 1. The zero-order valence-corrected chi connectivity index (χ0v) is 25.4. The van der Waals surface area contributed by atoms with Gasteiger partial charge in [0.1, 0.15) is 13.2 Å². The minimum absolute atomic E-state index is 0.0495. The van der Waals surface area contributed by atoms with Gasteiger partial charge in [0.25, 0.3) is 0 Å². The van der Waals surface area contributed by atoms with Crippen LogP contribution in [-0.4, -0.2) is 111 Å². The highest BCUT2D eigenvalue weighted by molar-refractivity contribution is 5.81. The highest BCUT2D eigenvalue weighted by Crippen LogP contribution is 2.44. The number of carbonyl (C=O) groups excluding carboxylic acids is 2. The third-order valence-electron chi connectivity index (χ3n) is 6.58. The van der Waals surface area contributed by atoms with Gasteiger partial charge in [-0.15, -0.1) is 0 Å². The molecule has 1 N–H and O–H groups in total. The zero-order chi connectivity index (χ0) is 31.1. The summed E-state index contributed by atoms with van der Waals surface area (Å²) in [5.41, 5.74) is 4.80. The quantitative estimate of drug-likeness (QED) is 0.101. The van der Waals surface area contributed by atoms with Crippen molar-refractivity contribution in [3.63, 3.8) is 0 Å². The van der Waals surface area contributed by atoms with E-state index < -0.39 is 12.1 Å². The van der Waals surface area contributed by atoms with Gasteiger partial charge >= 0.3 is 12.1 Å². The fraction of sp³-hybridized carbons (Fsp3) is 0.515. The molecule has 11 nitrogen and oxygen atoms in total. The molecule has 1 amide bonds. The lowest BCUT2D eigenvalue weighted by Gasteiger charge is -2.14. The van der Waals surface area contributed by atoms with Crippen molar-refractivity contribution in [1.82, 2.24) is 5.32 Å². The molecule has 0 aliphatic heterocycles. The van der Waals surface area contributed by atoms with Crippen molar-refractivity contribution in [1.29, 1.82) is 0 Å². The molecule has 0 saturated heterocycles. The molecule has 0 radical (unpaired) electrons. The second kappa shape index (κ2) is 22.2. The fourth-order valence-corrected chi connectivity index (χ4v) is 4.48. The van der Waals surface area contributed by atoms with E-state index in [1.54, 1.807) is 0 Å². The zero-order valence-electron chi connectivity index (χ0n) is 25.4. The summed E-state index contributed by atoms with van der Waals surface area (Å²) >= 11 is 0. The van der Waals surface area contributed by atoms with E-state index in [1.165, 1.54) is 22.3 Å². The molecule has 0 aromatic heterocycles. The average Bonchev–Trinajstić information content (AvgIpc) is 3.37. The van der Waals surface area contributed by atoms with Gasteiger partial charge in [0.05, 0.1) is 72.7 Å². The van der Waals surface area contributed by atoms with Gasteiger partial charge in [0.2, 0.25) is 0 Å². The van der Waals surface area contributed by atoms with Gasteiger partial charge in [0, 0.05) is 25.1 Å². The standard InChI is InChI=1S/C33H45NO10/c1-2-32(35)43-25-24-42-23-22-41-21-20-40-19-18-39-17-16-38-15-14-37-13-7-12-34-33(36)44-26-31-29-10-5-3-8-27(29)28-9-4-6-11-30(28)31/h2-6,8-11,31H,1,7,12-26H2,(H,34,36). The van der Waals surface area contributed by atoms with Crippen molar-refractivity contribution in [3.8, 4) is 11.1 Å². The Morgan fingerprint density at radius 3 is 1.52 bits per heavy atom. The summed E-state index contributed by atoms with van der Waals surface area (Å²) in [6, 6.07) is 16.5. The van der Waals surface area contributed by atoms with Crippen molar-refractivity contribution in [2.75, 3.05) is 99.0 Å². The molecule has 0 unspecified atom stereocenters. The van der Waals surface area contributed by atoms with Crippen LogP contribution in [0.5, 0.6) is 0 Å². The van der Waals surface area contributed by atoms with Gasteiger partial charge in [-0.05, 0) is 28.7 Å². The van der Waals surface area contributed by atoms with E-state index in [0.29, 0.717) is 98.9 Å². The molecule has 1 aliphatic rings. The monoisotopic (exact) mass is 615 g/mol. The van der Waals surface area contributed by atoms with Gasteiger partial charge in [0.15, 0.2) is 0 Å². The topological polar surface area (TPSA) is 120 Å². The number of esters is 1. The molecule has 2 aromatic rings. The molecular formula is C33H45NO10. The lowest BCUT2D eigenvalue weighted by Crippen LogP contribution is -2.27. The van der Waals surface area contributed by atoms with Crippen molar-refractivity contribution >= 4 is 12.1 Å². The number of rotatable bonds is 25. The van der Waals surface area contributed by atoms with Gasteiger partial charge in [-0.3, -0.25) is 0 Å². The van der Waals surface area contributed by atoms with Gasteiger partial charge in [-0.25, -0.2) is 9.59 Å². The Labute approximate surface area is 259 Å². The summed E-state index contributed by atoms with van der Waals surface area (Å²) in [5.74, 6) is -0.412. The van der Waals surface area contributed by atoms with Crippen molar-refractivity contribution in [2.24, 2.45) is 0 Å². The van der Waals surface area contributed by atoms with E-state index in [4.69, 9.17) is 37.9 Å². The second-order valence-electron chi connectivity index (χ2n) is 9.65. The summed E-state index contributed by atoms with van der Waals surface area (Å²) in [7, 11) is 0. The molecule has 44 heavy (non-hydrogen) atoms. The molecule has 0 saturated carbocycles. The Bertz CT molecular complexity index is 1070. The minimum atomic E-state index is -0.462. The Balaban J connectivity index is 1.03. The lowest BCUT2D eigenvalue weighted by molar-refractivity contribution is -0.139. The first-order valence-corrected chi connectivity index (χ1v) is 15.0. The number of benzene rings is 2. The lowest BCUT2D eigenvalue weighted by atomic mass is 9.98. The Morgan fingerprint density at radius 2 is 1.05 bits per heavy atom. The summed E-state index contributed by atoms with van der Waals surface area (Å²) in [4.78, 5) is 23.1. The van der Waals surface area contributed by atoms with Crippen molar-refractivity contribution in [3.05, 3.63) is 72.3 Å². The van der Waals surface area contributed by atoms with Crippen LogP contribution in [0.2, 0.25) is 0 Å². The highest BCUT2D eigenvalue weighted by Gasteiger charge is 2.28. The van der Waals surface area contributed by atoms with Crippen LogP contribution in [0, 0.1) is 0 Å². The normalized spacial score (nSPS) is 12.0. The maximum absolute atomic E-state index is 12.2.